The number of ether oxygens (including phenoxy) is 1. The van der Waals surface area contributed by atoms with Gasteiger partial charge in [0.15, 0.2) is 6.10 Å². The van der Waals surface area contributed by atoms with Crippen LogP contribution in [0.4, 0.5) is 0 Å². The van der Waals surface area contributed by atoms with Crippen LogP contribution >= 0.6 is 15.9 Å². The van der Waals surface area contributed by atoms with Crippen molar-refractivity contribution in [3.63, 3.8) is 0 Å². The van der Waals surface area contributed by atoms with Crippen LogP contribution in [-0.4, -0.2) is 59.9 Å². The lowest BCUT2D eigenvalue weighted by Crippen LogP contribution is -2.43. The number of alkyl halides is 1. The van der Waals surface area contributed by atoms with Gasteiger partial charge in [0, 0.05) is 37.9 Å². The van der Waals surface area contributed by atoms with Crippen LogP contribution in [0.3, 0.4) is 0 Å². The number of halogens is 1. The predicted octanol–water partition coefficient (Wildman–Crippen LogP) is 1.92. The number of fused-ring (bicyclic) bond motifs is 1. The van der Waals surface area contributed by atoms with E-state index < -0.39 is 0 Å². The lowest BCUT2D eigenvalue weighted by molar-refractivity contribution is -0.137. The van der Waals surface area contributed by atoms with Crippen LogP contribution in [0.15, 0.2) is 24.3 Å². The average Bonchev–Trinajstić information content (AvgIpc) is 2.80. The van der Waals surface area contributed by atoms with Gasteiger partial charge in [-0.05, 0) is 24.6 Å². The number of amides is 1. The molecule has 1 aromatic rings. The number of hydrogen-bond acceptors (Lipinski definition) is 3. The molecular formula is C16H21BrN2O2. The van der Waals surface area contributed by atoms with Crippen molar-refractivity contribution in [1.29, 1.82) is 0 Å². The Hall–Kier alpha value is -1.07. The minimum Gasteiger partial charge on any atom is -0.480 e. The van der Waals surface area contributed by atoms with Gasteiger partial charge in [-0.25, -0.2) is 0 Å². The van der Waals surface area contributed by atoms with Crippen molar-refractivity contribution in [3.05, 3.63) is 29.8 Å². The largest absolute Gasteiger partial charge is 0.480 e. The van der Waals surface area contributed by atoms with E-state index in [-0.39, 0.29) is 12.0 Å². The van der Waals surface area contributed by atoms with Crippen LogP contribution in [0.25, 0.3) is 0 Å². The molecule has 4 nitrogen and oxygen atoms in total. The molecule has 0 aliphatic carbocycles. The topological polar surface area (TPSA) is 32.8 Å². The molecule has 1 aromatic carbocycles. The molecule has 1 fully saturated rings. The summed E-state index contributed by atoms with van der Waals surface area (Å²) >= 11 is 3.48. The van der Waals surface area contributed by atoms with Gasteiger partial charge in [-0.2, -0.15) is 0 Å². The molecule has 3 rings (SSSR count). The summed E-state index contributed by atoms with van der Waals surface area (Å²) in [7, 11) is 0. The third-order valence-corrected chi connectivity index (χ3v) is 4.58. The molecule has 0 N–H and O–H groups in total. The van der Waals surface area contributed by atoms with Gasteiger partial charge in [0.05, 0.1) is 0 Å². The van der Waals surface area contributed by atoms with Crippen LogP contribution in [0.2, 0.25) is 0 Å². The Kier molecular flexibility index (Phi) is 4.80. The second-order valence-electron chi connectivity index (χ2n) is 5.63. The first kappa shape index (κ1) is 14.9. The monoisotopic (exact) mass is 352 g/mol. The molecule has 1 unspecified atom stereocenters. The van der Waals surface area contributed by atoms with E-state index in [4.69, 9.17) is 4.74 Å². The quantitative estimate of drug-likeness (QED) is 0.779. The van der Waals surface area contributed by atoms with Gasteiger partial charge < -0.3 is 14.5 Å². The SMILES string of the molecule is O=C(C1Cc2ccccc2O1)N1CCCN(CCBr)CC1. The van der Waals surface area contributed by atoms with Gasteiger partial charge in [-0.3, -0.25) is 4.79 Å². The zero-order valence-electron chi connectivity index (χ0n) is 12.1. The smallest absolute Gasteiger partial charge is 0.264 e. The van der Waals surface area contributed by atoms with Crippen LogP contribution in [0, 0.1) is 0 Å². The molecule has 0 radical (unpaired) electrons. The fraction of sp³-hybridized carbons (Fsp3) is 0.562. The maximum atomic E-state index is 12.7. The Morgan fingerprint density at radius 2 is 2.10 bits per heavy atom. The van der Waals surface area contributed by atoms with Crippen molar-refractivity contribution >= 4 is 21.8 Å². The second-order valence-corrected chi connectivity index (χ2v) is 6.42. The lowest BCUT2D eigenvalue weighted by atomic mass is 10.1. The molecule has 21 heavy (non-hydrogen) atoms. The van der Waals surface area contributed by atoms with Crippen molar-refractivity contribution in [2.75, 3.05) is 38.1 Å². The molecule has 2 heterocycles. The van der Waals surface area contributed by atoms with E-state index in [1.165, 1.54) is 0 Å². The summed E-state index contributed by atoms with van der Waals surface area (Å²) in [4.78, 5) is 17.0. The van der Waals surface area contributed by atoms with Crippen molar-refractivity contribution in [2.24, 2.45) is 0 Å². The average molecular weight is 353 g/mol. The Morgan fingerprint density at radius 3 is 2.90 bits per heavy atom. The van der Waals surface area contributed by atoms with Gasteiger partial charge in [-0.1, -0.05) is 34.1 Å². The molecule has 1 amide bonds. The van der Waals surface area contributed by atoms with E-state index in [1.807, 2.05) is 29.2 Å². The fourth-order valence-electron chi connectivity index (χ4n) is 3.06. The summed E-state index contributed by atoms with van der Waals surface area (Å²) in [6.07, 6.45) is 1.42. The molecule has 0 aromatic heterocycles. The molecule has 0 spiro atoms. The predicted molar refractivity (Wildman–Crippen MR) is 86.0 cm³/mol. The number of carbonyl (C=O) groups is 1. The second kappa shape index (κ2) is 6.79. The van der Waals surface area contributed by atoms with E-state index >= 15 is 0 Å². The number of benzene rings is 1. The minimum atomic E-state index is -0.329. The van der Waals surface area contributed by atoms with E-state index in [9.17, 15) is 4.79 Å². The van der Waals surface area contributed by atoms with Gasteiger partial charge in [0.25, 0.3) is 5.91 Å². The Bertz CT molecular complexity index is 484. The van der Waals surface area contributed by atoms with E-state index in [1.54, 1.807) is 0 Å². The van der Waals surface area contributed by atoms with Gasteiger partial charge >= 0.3 is 0 Å². The number of nitrogens with zero attached hydrogens (tertiary/aromatic N) is 2. The van der Waals surface area contributed by atoms with Crippen LogP contribution < -0.4 is 4.74 Å². The molecule has 5 heteroatoms. The first-order chi connectivity index (χ1) is 10.3. The fourth-order valence-corrected chi connectivity index (χ4v) is 3.56. The molecule has 0 bridgehead atoms. The normalized spacial score (nSPS) is 22.5. The standard InChI is InChI=1S/C16H21BrN2O2/c17-6-9-18-7-3-8-19(11-10-18)16(20)15-12-13-4-1-2-5-14(13)21-15/h1-2,4-5,15H,3,6-12H2. The first-order valence-corrected chi connectivity index (χ1v) is 8.72. The number of hydrogen-bond donors (Lipinski definition) is 0. The lowest BCUT2D eigenvalue weighted by Gasteiger charge is -2.24. The molecule has 0 saturated carbocycles. The van der Waals surface area contributed by atoms with Gasteiger partial charge in [0.1, 0.15) is 5.75 Å². The summed E-state index contributed by atoms with van der Waals surface area (Å²) < 4.78 is 5.82. The summed E-state index contributed by atoms with van der Waals surface area (Å²) in [5.41, 5.74) is 1.14. The van der Waals surface area contributed by atoms with Crippen molar-refractivity contribution in [1.82, 2.24) is 9.80 Å². The third kappa shape index (κ3) is 3.40. The van der Waals surface area contributed by atoms with E-state index in [0.717, 1.165) is 55.8 Å². The van der Waals surface area contributed by atoms with Crippen molar-refractivity contribution in [2.45, 2.75) is 18.9 Å². The van der Waals surface area contributed by atoms with Crippen LogP contribution in [-0.2, 0) is 11.2 Å². The van der Waals surface area contributed by atoms with Crippen LogP contribution in [0.1, 0.15) is 12.0 Å². The number of para-hydroxylation sites is 1. The number of rotatable bonds is 3. The summed E-state index contributed by atoms with van der Waals surface area (Å²) in [5.74, 6) is 1.01. The molecule has 2 aliphatic heterocycles. The molecule has 1 atom stereocenters. The molecular weight excluding hydrogens is 332 g/mol. The third-order valence-electron chi connectivity index (χ3n) is 4.22. The summed E-state index contributed by atoms with van der Waals surface area (Å²) in [6, 6.07) is 7.94. The Labute approximate surface area is 134 Å². The number of carbonyl (C=O) groups excluding carboxylic acids is 1. The zero-order valence-corrected chi connectivity index (χ0v) is 13.7. The summed E-state index contributed by atoms with van der Waals surface area (Å²) in [5, 5.41) is 0.988. The van der Waals surface area contributed by atoms with Crippen molar-refractivity contribution < 1.29 is 9.53 Å². The first-order valence-electron chi connectivity index (χ1n) is 7.59. The van der Waals surface area contributed by atoms with Crippen LogP contribution in [0.5, 0.6) is 5.75 Å². The highest BCUT2D eigenvalue weighted by atomic mass is 79.9. The van der Waals surface area contributed by atoms with E-state index in [0.29, 0.717) is 6.42 Å². The minimum absolute atomic E-state index is 0.145. The van der Waals surface area contributed by atoms with Crippen molar-refractivity contribution in [3.8, 4) is 5.75 Å². The highest BCUT2D eigenvalue weighted by Gasteiger charge is 2.32. The zero-order chi connectivity index (χ0) is 14.7. The molecule has 1 saturated heterocycles. The van der Waals surface area contributed by atoms with E-state index in [2.05, 4.69) is 20.8 Å². The Balaban J connectivity index is 1.59. The Morgan fingerprint density at radius 1 is 1.24 bits per heavy atom. The molecule has 114 valence electrons. The highest BCUT2D eigenvalue weighted by Crippen LogP contribution is 2.29. The maximum absolute atomic E-state index is 12.7. The molecule has 2 aliphatic rings. The highest BCUT2D eigenvalue weighted by molar-refractivity contribution is 9.09. The van der Waals surface area contributed by atoms with Gasteiger partial charge in [0.2, 0.25) is 0 Å². The van der Waals surface area contributed by atoms with Gasteiger partial charge in [-0.15, -0.1) is 0 Å². The summed E-state index contributed by atoms with van der Waals surface area (Å²) in [6.45, 7) is 4.72. The maximum Gasteiger partial charge on any atom is 0.264 e.